The van der Waals surface area contributed by atoms with Crippen LogP contribution >= 0.6 is 0 Å². The number of anilines is 1. The molecule has 0 bridgehead atoms. The van der Waals surface area contributed by atoms with Gasteiger partial charge < -0.3 is 15.4 Å². The van der Waals surface area contributed by atoms with Crippen molar-refractivity contribution >= 4 is 17.5 Å². The van der Waals surface area contributed by atoms with Crippen LogP contribution in [-0.2, 0) is 16.1 Å². The fourth-order valence-electron chi connectivity index (χ4n) is 2.27. The third-order valence-corrected chi connectivity index (χ3v) is 4.18. The second-order valence-corrected chi connectivity index (χ2v) is 6.42. The Hall–Kier alpha value is -2.82. The lowest BCUT2D eigenvalue weighted by Gasteiger charge is -2.23. The van der Waals surface area contributed by atoms with Crippen LogP contribution in [0.5, 0.6) is 5.75 Å². The van der Waals surface area contributed by atoms with Crippen molar-refractivity contribution in [3.05, 3.63) is 59.7 Å². The summed E-state index contributed by atoms with van der Waals surface area (Å²) in [5.74, 6) is 0.0231. The average molecular weight is 340 g/mol. The molecule has 0 atom stereocenters. The molecule has 0 radical (unpaired) electrons. The van der Waals surface area contributed by atoms with E-state index in [2.05, 4.69) is 10.6 Å². The van der Waals surface area contributed by atoms with Gasteiger partial charge >= 0.3 is 0 Å². The second-order valence-electron chi connectivity index (χ2n) is 6.42. The molecule has 0 aliphatic carbocycles. The van der Waals surface area contributed by atoms with Gasteiger partial charge in [-0.3, -0.25) is 9.59 Å². The molecule has 25 heavy (non-hydrogen) atoms. The Bertz CT molecular complexity index is 752. The maximum absolute atomic E-state index is 12.5. The van der Waals surface area contributed by atoms with Crippen molar-refractivity contribution in [3.63, 3.8) is 0 Å². The molecule has 5 heteroatoms. The number of amides is 2. The number of rotatable bonds is 6. The third kappa shape index (κ3) is 4.59. The van der Waals surface area contributed by atoms with Crippen LogP contribution in [0.3, 0.4) is 0 Å². The first-order chi connectivity index (χ1) is 11.8. The van der Waals surface area contributed by atoms with Gasteiger partial charge in [-0.05, 0) is 56.2 Å². The lowest BCUT2D eigenvalue weighted by Crippen LogP contribution is -2.44. The number of ether oxygens (including phenoxy) is 1. The predicted octanol–water partition coefficient (Wildman–Crippen LogP) is 3.28. The van der Waals surface area contributed by atoms with Crippen LogP contribution in [0.25, 0.3) is 0 Å². The Balaban J connectivity index is 1.99. The molecule has 2 amide bonds. The summed E-state index contributed by atoms with van der Waals surface area (Å²) in [5, 5.41) is 5.61. The van der Waals surface area contributed by atoms with E-state index in [1.165, 1.54) is 0 Å². The molecule has 0 saturated heterocycles. The van der Waals surface area contributed by atoms with Crippen LogP contribution in [0.15, 0.2) is 48.5 Å². The van der Waals surface area contributed by atoms with Crippen molar-refractivity contribution in [2.24, 2.45) is 5.41 Å². The Morgan fingerprint density at radius 1 is 1.00 bits per heavy atom. The Morgan fingerprint density at radius 3 is 2.24 bits per heavy atom. The van der Waals surface area contributed by atoms with E-state index in [4.69, 9.17) is 4.74 Å². The zero-order valence-corrected chi connectivity index (χ0v) is 15.1. The molecule has 0 heterocycles. The first-order valence-electron chi connectivity index (χ1n) is 8.13. The van der Waals surface area contributed by atoms with E-state index in [9.17, 15) is 9.59 Å². The standard InChI is InChI=1S/C20H24N2O3/c1-14-7-5-6-8-15(14)13-21-18(23)20(2,3)19(24)22-16-9-11-17(25-4)12-10-16/h5-12H,13H2,1-4H3,(H,21,23)(H,22,24). The van der Waals surface area contributed by atoms with Crippen LogP contribution in [0, 0.1) is 12.3 Å². The smallest absolute Gasteiger partial charge is 0.239 e. The maximum atomic E-state index is 12.5. The van der Waals surface area contributed by atoms with Gasteiger partial charge in [-0.25, -0.2) is 0 Å². The molecule has 2 aromatic carbocycles. The highest BCUT2D eigenvalue weighted by molar-refractivity contribution is 6.09. The van der Waals surface area contributed by atoms with Gasteiger partial charge in [-0.15, -0.1) is 0 Å². The topological polar surface area (TPSA) is 67.4 Å². The molecule has 0 aliphatic rings. The largest absolute Gasteiger partial charge is 0.497 e. The zero-order chi connectivity index (χ0) is 18.4. The van der Waals surface area contributed by atoms with Crippen LogP contribution in [0.1, 0.15) is 25.0 Å². The number of methoxy groups -OCH3 is 1. The van der Waals surface area contributed by atoms with E-state index in [0.717, 1.165) is 11.1 Å². The van der Waals surface area contributed by atoms with Crippen LogP contribution in [0.2, 0.25) is 0 Å². The van der Waals surface area contributed by atoms with E-state index in [1.807, 2.05) is 31.2 Å². The van der Waals surface area contributed by atoms with Gasteiger partial charge in [0.15, 0.2) is 0 Å². The normalized spacial score (nSPS) is 10.9. The molecule has 0 unspecified atom stereocenters. The number of hydrogen-bond acceptors (Lipinski definition) is 3. The average Bonchev–Trinajstić information content (AvgIpc) is 2.61. The quantitative estimate of drug-likeness (QED) is 0.793. The van der Waals surface area contributed by atoms with Crippen molar-refractivity contribution in [1.82, 2.24) is 5.32 Å². The molecule has 0 spiro atoms. The summed E-state index contributed by atoms with van der Waals surface area (Å²) in [5.41, 5.74) is 1.55. The lowest BCUT2D eigenvalue weighted by molar-refractivity contribution is -0.138. The Labute approximate surface area is 148 Å². The lowest BCUT2D eigenvalue weighted by atomic mass is 9.90. The Morgan fingerprint density at radius 2 is 1.64 bits per heavy atom. The molecule has 2 rings (SSSR count). The van der Waals surface area contributed by atoms with Crippen molar-refractivity contribution in [1.29, 1.82) is 0 Å². The van der Waals surface area contributed by atoms with E-state index < -0.39 is 5.41 Å². The van der Waals surface area contributed by atoms with Gasteiger partial charge in [0.1, 0.15) is 11.2 Å². The van der Waals surface area contributed by atoms with Crippen molar-refractivity contribution < 1.29 is 14.3 Å². The summed E-state index contributed by atoms with van der Waals surface area (Å²) in [6, 6.07) is 14.8. The van der Waals surface area contributed by atoms with Crippen molar-refractivity contribution in [2.75, 3.05) is 12.4 Å². The summed E-state index contributed by atoms with van der Waals surface area (Å²) in [4.78, 5) is 25.0. The van der Waals surface area contributed by atoms with Crippen molar-refractivity contribution in [2.45, 2.75) is 27.3 Å². The molecule has 2 N–H and O–H groups in total. The molecule has 0 fully saturated rings. The van der Waals surface area contributed by atoms with Gasteiger partial charge in [0.25, 0.3) is 0 Å². The number of aryl methyl sites for hydroxylation is 1. The van der Waals surface area contributed by atoms with Gasteiger partial charge in [-0.1, -0.05) is 24.3 Å². The summed E-state index contributed by atoms with van der Waals surface area (Å²) in [6.45, 7) is 5.60. The number of hydrogen-bond donors (Lipinski definition) is 2. The van der Waals surface area contributed by atoms with E-state index in [1.54, 1.807) is 45.2 Å². The van der Waals surface area contributed by atoms with Gasteiger partial charge in [0, 0.05) is 12.2 Å². The van der Waals surface area contributed by atoms with E-state index >= 15 is 0 Å². The highest BCUT2D eigenvalue weighted by Gasteiger charge is 2.36. The second kappa shape index (κ2) is 7.83. The first-order valence-corrected chi connectivity index (χ1v) is 8.13. The molecule has 0 saturated carbocycles. The summed E-state index contributed by atoms with van der Waals surface area (Å²) < 4.78 is 5.09. The molecular weight excluding hydrogens is 316 g/mol. The van der Waals surface area contributed by atoms with Gasteiger partial charge in [0.2, 0.25) is 11.8 Å². The zero-order valence-electron chi connectivity index (χ0n) is 15.1. The monoisotopic (exact) mass is 340 g/mol. The third-order valence-electron chi connectivity index (χ3n) is 4.18. The first kappa shape index (κ1) is 18.5. The van der Waals surface area contributed by atoms with Gasteiger partial charge in [-0.2, -0.15) is 0 Å². The Kier molecular flexibility index (Phi) is 5.80. The summed E-state index contributed by atoms with van der Waals surface area (Å²) >= 11 is 0. The number of carbonyl (C=O) groups excluding carboxylic acids is 2. The van der Waals surface area contributed by atoms with E-state index in [-0.39, 0.29) is 11.8 Å². The van der Waals surface area contributed by atoms with Gasteiger partial charge in [0.05, 0.1) is 7.11 Å². The molecule has 0 aromatic heterocycles. The SMILES string of the molecule is COc1ccc(NC(=O)C(C)(C)C(=O)NCc2ccccc2C)cc1. The van der Waals surface area contributed by atoms with Crippen LogP contribution < -0.4 is 15.4 Å². The molecular formula is C20H24N2O3. The van der Waals surface area contributed by atoms with Crippen molar-refractivity contribution in [3.8, 4) is 5.75 Å². The summed E-state index contributed by atoms with van der Waals surface area (Å²) in [7, 11) is 1.58. The highest BCUT2D eigenvalue weighted by Crippen LogP contribution is 2.21. The minimum atomic E-state index is -1.19. The molecule has 5 nitrogen and oxygen atoms in total. The number of nitrogens with one attached hydrogen (secondary N) is 2. The van der Waals surface area contributed by atoms with Crippen LogP contribution in [-0.4, -0.2) is 18.9 Å². The number of benzene rings is 2. The minimum Gasteiger partial charge on any atom is -0.497 e. The minimum absolute atomic E-state index is 0.318. The maximum Gasteiger partial charge on any atom is 0.239 e. The molecule has 0 aliphatic heterocycles. The molecule has 2 aromatic rings. The fourth-order valence-corrected chi connectivity index (χ4v) is 2.27. The van der Waals surface area contributed by atoms with Crippen LogP contribution in [0.4, 0.5) is 5.69 Å². The molecule has 132 valence electrons. The summed E-state index contributed by atoms with van der Waals surface area (Å²) in [6.07, 6.45) is 0. The predicted molar refractivity (Wildman–Crippen MR) is 98.4 cm³/mol. The highest BCUT2D eigenvalue weighted by atomic mass is 16.5. The fraction of sp³-hybridized carbons (Fsp3) is 0.300. The number of carbonyl (C=O) groups is 2. The van der Waals surface area contributed by atoms with E-state index in [0.29, 0.717) is 18.0 Å².